The Morgan fingerprint density at radius 3 is 2.39 bits per heavy atom. The van der Waals surface area contributed by atoms with Crippen LogP contribution >= 0.6 is 0 Å². The molecule has 3 aromatic rings. The second kappa shape index (κ2) is 11.9. The molecule has 0 aliphatic carbocycles. The number of methoxy groups -OCH3 is 1. The van der Waals surface area contributed by atoms with Gasteiger partial charge in [-0.2, -0.15) is 0 Å². The van der Waals surface area contributed by atoms with Crippen molar-refractivity contribution in [2.75, 3.05) is 7.11 Å². The number of nitrogens with zero attached hydrogens (tertiary/aromatic N) is 3. The molecule has 3 rings (SSSR count). The Labute approximate surface area is 193 Å². The number of benzene rings is 3. The molecular formula is C27H26N3O3+. The van der Waals surface area contributed by atoms with E-state index in [-0.39, 0.29) is 11.9 Å². The first-order valence-electron chi connectivity index (χ1n) is 10.5. The summed E-state index contributed by atoms with van der Waals surface area (Å²) in [5.41, 5.74) is 3.36. The van der Waals surface area contributed by atoms with Crippen molar-refractivity contribution in [3.05, 3.63) is 114 Å². The van der Waals surface area contributed by atoms with Crippen LogP contribution in [0.3, 0.4) is 0 Å². The van der Waals surface area contributed by atoms with E-state index in [9.17, 15) is 9.90 Å². The van der Waals surface area contributed by atoms with Gasteiger partial charge in [-0.05, 0) is 30.2 Å². The summed E-state index contributed by atoms with van der Waals surface area (Å²) in [6, 6.07) is 26.8. The van der Waals surface area contributed by atoms with Gasteiger partial charge in [0.25, 0.3) is 0 Å². The molecule has 1 N–H and O–H groups in total. The number of carbonyl (C=O) groups is 1. The van der Waals surface area contributed by atoms with Gasteiger partial charge in [0.2, 0.25) is 5.91 Å². The molecule has 6 nitrogen and oxygen atoms in total. The lowest BCUT2D eigenvalue weighted by Crippen LogP contribution is -2.31. The fraction of sp³-hybridized carbons (Fsp3) is 0.148. The first-order chi connectivity index (χ1) is 16.1. The van der Waals surface area contributed by atoms with E-state index in [1.165, 1.54) is 7.11 Å². The van der Waals surface area contributed by atoms with Gasteiger partial charge in [0.05, 0.1) is 13.2 Å². The fourth-order valence-electron chi connectivity index (χ4n) is 3.24. The maximum absolute atomic E-state index is 13.3. The molecule has 0 fully saturated rings. The third-order valence-electron chi connectivity index (χ3n) is 5.08. The molecule has 1 atom stereocenters. The Morgan fingerprint density at radius 1 is 1.06 bits per heavy atom. The fourth-order valence-corrected chi connectivity index (χ4v) is 3.24. The normalized spacial score (nSPS) is 11.2. The minimum Gasteiger partial charge on any atom is -0.470 e. The molecule has 0 aliphatic rings. The predicted molar refractivity (Wildman–Crippen MR) is 128 cm³/mol. The van der Waals surface area contributed by atoms with E-state index >= 15 is 0 Å². The highest BCUT2D eigenvalue weighted by Crippen LogP contribution is 2.27. The molecular weight excluding hydrogens is 414 g/mol. The number of rotatable bonds is 8. The number of amides is 1. The largest absolute Gasteiger partial charge is 0.470 e. The summed E-state index contributed by atoms with van der Waals surface area (Å²) in [6.45, 7) is 2.32. The number of hydrogen-bond donors (Lipinski definition) is 1. The molecule has 166 valence electrons. The molecule has 0 aromatic heterocycles. The number of carbonyl (C=O) groups excluding carboxylic acids is 1. The van der Waals surface area contributed by atoms with Crippen LogP contribution in [0.2, 0.25) is 0 Å². The molecule has 1 amide bonds. The lowest BCUT2D eigenvalue weighted by Gasteiger charge is -2.29. The summed E-state index contributed by atoms with van der Waals surface area (Å²) in [4.78, 5) is 18.8. The average molecular weight is 441 g/mol. The monoisotopic (exact) mass is 440 g/mol. The zero-order valence-electron chi connectivity index (χ0n) is 18.6. The zero-order chi connectivity index (χ0) is 23.5. The number of aliphatic hydroxyl groups is 1. The summed E-state index contributed by atoms with van der Waals surface area (Å²) in [5, 5.41) is 13.5. The summed E-state index contributed by atoms with van der Waals surface area (Å²) < 4.78 is 4.61. The summed E-state index contributed by atoms with van der Waals surface area (Å²) in [6.07, 6.45) is 3.40. The van der Waals surface area contributed by atoms with Crippen LogP contribution in [-0.4, -0.2) is 33.7 Å². The van der Waals surface area contributed by atoms with E-state index in [1.54, 1.807) is 17.0 Å². The zero-order valence-corrected chi connectivity index (χ0v) is 18.6. The lowest BCUT2D eigenvalue weighted by molar-refractivity contribution is -0.128. The highest BCUT2D eigenvalue weighted by Gasteiger charge is 2.22. The lowest BCUT2D eigenvalue weighted by atomic mass is 10.0. The van der Waals surface area contributed by atoms with E-state index in [2.05, 4.69) is 20.5 Å². The van der Waals surface area contributed by atoms with Crippen molar-refractivity contribution in [2.45, 2.75) is 19.5 Å². The quantitative estimate of drug-likeness (QED) is 0.165. The minimum absolute atomic E-state index is 0.120. The Hall–Kier alpha value is -4.37. The Balaban J connectivity index is 1.95. The van der Waals surface area contributed by atoms with Gasteiger partial charge in [-0.3, -0.25) is 4.79 Å². The van der Waals surface area contributed by atoms with Gasteiger partial charge in [0, 0.05) is 18.2 Å². The topological polar surface area (TPSA) is 76.2 Å². The smallest absolute Gasteiger partial charge is 0.441 e. The molecule has 0 unspecified atom stereocenters. The number of aliphatic hydroxyl groups excluding tert-OH is 1. The van der Waals surface area contributed by atoms with Gasteiger partial charge in [-0.1, -0.05) is 78.9 Å². The molecule has 33 heavy (non-hydrogen) atoms. The van der Waals surface area contributed by atoms with Gasteiger partial charge in [0.1, 0.15) is 9.90 Å². The second-order valence-corrected chi connectivity index (χ2v) is 7.25. The summed E-state index contributed by atoms with van der Waals surface area (Å²) in [5.74, 6) is 1.71. The molecule has 0 saturated heterocycles. The van der Waals surface area contributed by atoms with Crippen LogP contribution in [0.4, 0.5) is 5.69 Å². The van der Waals surface area contributed by atoms with Crippen LogP contribution in [0, 0.1) is 0 Å². The number of ether oxygens (including phenoxy) is 1. The molecule has 0 bridgehead atoms. The Morgan fingerprint density at radius 2 is 1.70 bits per heavy atom. The molecule has 6 heteroatoms. The van der Waals surface area contributed by atoms with Crippen LogP contribution < -0.4 is 0 Å². The van der Waals surface area contributed by atoms with Crippen LogP contribution in [0.15, 0.2) is 102 Å². The van der Waals surface area contributed by atoms with Crippen LogP contribution in [0.1, 0.15) is 29.7 Å². The van der Waals surface area contributed by atoms with Gasteiger partial charge < -0.3 is 14.7 Å². The molecule has 0 heterocycles. The van der Waals surface area contributed by atoms with Crippen molar-refractivity contribution in [3.8, 4) is 0 Å². The van der Waals surface area contributed by atoms with Crippen molar-refractivity contribution in [1.82, 2.24) is 4.90 Å². The highest BCUT2D eigenvalue weighted by molar-refractivity contribution is 5.92. The van der Waals surface area contributed by atoms with E-state index < -0.39 is 5.95 Å². The Bertz CT molecular complexity index is 1190. The summed E-state index contributed by atoms with van der Waals surface area (Å²) >= 11 is 0. The van der Waals surface area contributed by atoms with Crippen LogP contribution in [-0.2, 0) is 16.1 Å². The van der Waals surface area contributed by atoms with E-state index in [0.717, 1.165) is 16.7 Å². The molecule has 0 aliphatic heterocycles. The van der Waals surface area contributed by atoms with Crippen LogP contribution in [0.5, 0.6) is 0 Å². The van der Waals surface area contributed by atoms with Crippen molar-refractivity contribution >= 4 is 23.5 Å². The standard InChI is InChI=1S/C27H25N3O3/c1-21(23-13-7-4-8-14-23)30(26(31)18-17-22-11-5-3-6-12-22)20-24-15-9-10-16-25(24)29-28-19-27(32)33-2/h3-18,21H,20H2,1-2H3/p+1/b18-17+/t21-/m0/s1. The van der Waals surface area contributed by atoms with Gasteiger partial charge in [-0.15, -0.1) is 0 Å². The van der Waals surface area contributed by atoms with Gasteiger partial charge >= 0.3 is 11.8 Å². The molecule has 3 aromatic carbocycles. The maximum atomic E-state index is 13.3. The molecule has 0 spiro atoms. The minimum atomic E-state index is -0.461. The first kappa shape index (κ1) is 23.3. The SMILES string of the molecule is COC(O)=C=[N+]=Nc1ccccc1CN(C(=O)/C=C/c1ccccc1)[C@@H](C)c1ccccc1. The summed E-state index contributed by atoms with van der Waals surface area (Å²) in [7, 11) is 1.31. The van der Waals surface area contributed by atoms with E-state index in [1.807, 2.05) is 91.9 Å². The first-order valence-corrected chi connectivity index (χ1v) is 10.5. The van der Waals surface area contributed by atoms with Crippen molar-refractivity contribution in [2.24, 2.45) is 5.11 Å². The van der Waals surface area contributed by atoms with Gasteiger partial charge in [-0.25, -0.2) is 0 Å². The van der Waals surface area contributed by atoms with Crippen LogP contribution in [0.25, 0.3) is 6.08 Å². The highest BCUT2D eigenvalue weighted by atomic mass is 16.6. The Kier molecular flexibility index (Phi) is 8.38. The predicted octanol–water partition coefficient (Wildman–Crippen LogP) is 5.50. The second-order valence-electron chi connectivity index (χ2n) is 7.25. The third-order valence-corrected chi connectivity index (χ3v) is 5.08. The van der Waals surface area contributed by atoms with Gasteiger partial charge in [0.15, 0.2) is 5.69 Å². The van der Waals surface area contributed by atoms with Crippen molar-refractivity contribution in [1.29, 1.82) is 0 Å². The van der Waals surface area contributed by atoms with E-state index in [0.29, 0.717) is 12.2 Å². The van der Waals surface area contributed by atoms with Crippen molar-refractivity contribution < 1.29 is 19.4 Å². The van der Waals surface area contributed by atoms with Crippen molar-refractivity contribution in [3.63, 3.8) is 0 Å². The number of hydrogen-bond acceptors (Lipinski definition) is 4. The average Bonchev–Trinajstić information content (AvgIpc) is 2.87. The van der Waals surface area contributed by atoms with E-state index in [4.69, 9.17) is 0 Å². The molecule has 0 radical (unpaired) electrons. The maximum Gasteiger partial charge on any atom is 0.441 e. The molecule has 0 saturated carbocycles. The third kappa shape index (κ3) is 6.81.